The molecule has 0 spiro atoms. The zero-order valence-corrected chi connectivity index (χ0v) is 15.6. The molecular formula is C16H19FN6O3S. The normalized spacial score (nSPS) is 13.2. The van der Waals surface area contributed by atoms with Crippen LogP contribution >= 0.6 is 0 Å². The van der Waals surface area contributed by atoms with Gasteiger partial charge in [0.15, 0.2) is 5.82 Å². The fourth-order valence-electron chi connectivity index (χ4n) is 2.54. The highest BCUT2D eigenvalue weighted by molar-refractivity contribution is 7.88. The maximum Gasteiger partial charge on any atom is 0.245 e. The first-order valence-electron chi connectivity index (χ1n) is 8.27. The largest absolute Gasteiger partial charge is 0.337 e. The first kappa shape index (κ1) is 19.1. The lowest BCUT2D eigenvalue weighted by Gasteiger charge is -2.17. The predicted octanol–water partition coefficient (Wildman–Crippen LogP) is 2.20. The van der Waals surface area contributed by atoms with Crippen LogP contribution in [0.25, 0.3) is 11.6 Å². The van der Waals surface area contributed by atoms with E-state index in [-0.39, 0.29) is 23.2 Å². The van der Waals surface area contributed by atoms with E-state index in [1.54, 1.807) is 6.07 Å². The highest BCUT2D eigenvalue weighted by Gasteiger charge is 2.27. The molecule has 0 aliphatic heterocycles. The third-order valence-electron chi connectivity index (χ3n) is 3.70. The summed E-state index contributed by atoms with van der Waals surface area (Å²) in [6.45, 7) is 3.87. The Morgan fingerprint density at radius 2 is 2.07 bits per heavy atom. The van der Waals surface area contributed by atoms with Gasteiger partial charge in [0.05, 0.1) is 5.75 Å². The van der Waals surface area contributed by atoms with E-state index in [4.69, 9.17) is 4.52 Å². The van der Waals surface area contributed by atoms with Crippen LogP contribution in [0.3, 0.4) is 0 Å². The highest BCUT2D eigenvalue weighted by Crippen LogP contribution is 2.23. The molecule has 0 aliphatic rings. The molecule has 0 fully saturated rings. The summed E-state index contributed by atoms with van der Waals surface area (Å²) in [5.74, 6) is -0.336. The zero-order chi connectivity index (χ0) is 19.4. The van der Waals surface area contributed by atoms with E-state index in [0.717, 1.165) is 0 Å². The van der Waals surface area contributed by atoms with Gasteiger partial charge in [-0.2, -0.15) is 10.1 Å². The van der Waals surface area contributed by atoms with Crippen molar-refractivity contribution in [3.8, 4) is 11.6 Å². The highest BCUT2D eigenvalue weighted by atomic mass is 32.2. The van der Waals surface area contributed by atoms with Crippen molar-refractivity contribution in [3.05, 3.63) is 47.9 Å². The Morgan fingerprint density at radius 3 is 2.74 bits per heavy atom. The molecule has 3 aromatic rings. The van der Waals surface area contributed by atoms with Gasteiger partial charge in [0.2, 0.25) is 21.7 Å². The Kier molecular flexibility index (Phi) is 5.61. The van der Waals surface area contributed by atoms with E-state index in [1.165, 1.54) is 24.5 Å². The summed E-state index contributed by atoms with van der Waals surface area (Å²) in [4.78, 5) is 8.13. The minimum atomic E-state index is -3.85. The lowest BCUT2D eigenvalue weighted by molar-refractivity contribution is 0.323. The summed E-state index contributed by atoms with van der Waals surface area (Å²) >= 11 is 0. The molecule has 0 saturated carbocycles. The van der Waals surface area contributed by atoms with Gasteiger partial charge in [0.25, 0.3) is 0 Å². The molecule has 11 heteroatoms. The van der Waals surface area contributed by atoms with E-state index >= 15 is 0 Å². The molecule has 1 aromatic carbocycles. The molecule has 0 bridgehead atoms. The average Bonchev–Trinajstić information content (AvgIpc) is 3.26. The maximum atomic E-state index is 13.8. The molecule has 0 radical (unpaired) electrons. The minimum absolute atomic E-state index is 0.0844. The Labute approximate surface area is 155 Å². The predicted molar refractivity (Wildman–Crippen MR) is 94.0 cm³/mol. The van der Waals surface area contributed by atoms with Gasteiger partial charge in [0, 0.05) is 5.56 Å². The van der Waals surface area contributed by atoms with Crippen molar-refractivity contribution in [3.63, 3.8) is 0 Å². The smallest absolute Gasteiger partial charge is 0.245 e. The summed E-state index contributed by atoms with van der Waals surface area (Å²) in [7, 11) is -3.85. The molecule has 9 nitrogen and oxygen atoms in total. The van der Waals surface area contributed by atoms with Crippen LogP contribution in [0.5, 0.6) is 0 Å². The number of nitrogens with zero attached hydrogens (tertiary/aromatic N) is 4. The summed E-state index contributed by atoms with van der Waals surface area (Å²) < 4.78 is 46.7. The number of sulfonamides is 1. The van der Waals surface area contributed by atoms with Gasteiger partial charge < -0.3 is 4.52 Å². The topological polar surface area (TPSA) is 127 Å². The third-order valence-corrected chi connectivity index (χ3v) is 5.03. The van der Waals surface area contributed by atoms with Crippen LogP contribution in [-0.2, 0) is 15.8 Å². The number of aromatic amines is 1. The number of aromatic nitrogens is 5. The summed E-state index contributed by atoms with van der Waals surface area (Å²) in [5, 5.41) is 10.1. The Morgan fingerprint density at radius 1 is 1.30 bits per heavy atom. The third kappa shape index (κ3) is 4.95. The molecule has 0 unspecified atom stereocenters. The first-order valence-corrected chi connectivity index (χ1v) is 9.92. The number of H-pyrrole nitrogens is 1. The maximum absolute atomic E-state index is 13.8. The summed E-state index contributed by atoms with van der Waals surface area (Å²) in [6, 6.07) is 5.00. The molecule has 3 rings (SSSR count). The SMILES string of the molecule is CC(C)C[C@H](NS(=O)(=O)Cc1ccccc1F)c1nc(-c2ncn[nH]2)no1. The molecule has 2 N–H and O–H groups in total. The summed E-state index contributed by atoms with van der Waals surface area (Å²) in [5.41, 5.74) is 0.0844. The Bertz CT molecular complexity index is 987. The van der Waals surface area contributed by atoms with Gasteiger partial charge in [-0.05, 0) is 18.4 Å². The van der Waals surface area contributed by atoms with Crippen LogP contribution in [-0.4, -0.2) is 33.7 Å². The van der Waals surface area contributed by atoms with Gasteiger partial charge in [-0.1, -0.05) is 37.2 Å². The number of benzene rings is 1. The fraction of sp³-hybridized carbons (Fsp3) is 0.375. The van der Waals surface area contributed by atoms with Crippen molar-refractivity contribution in [1.29, 1.82) is 0 Å². The number of rotatable bonds is 8. The zero-order valence-electron chi connectivity index (χ0n) is 14.8. The van der Waals surface area contributed by atoms with Gasteiger partial charge in [0.1, 0.15) is 18.2 Å². The van der Waals surface area contributed by atoms with Crippen molar-refractivity contribution < 1.29 is 17.3 Å². The van der Waals surface area contributed by atoms with Crippen molar-refractivity contribution in [2.45, 2.75) is 32.1 Å². The monoisotopic (exact) mass is 394 g/mol. The molecular weight excluding hydrogens is 375 g/mol. The standard InChI is InChI=1S/C16H19FN6O3S/c1-10(2)7-13(16-20-15(22-26-16)14-18-9-19-21-14)23-27(24,25)8-11-5-3-4-6-12(11)17/h3-6,9-10,13,23H,7-8H2,1-2H3,(H,18,19,21)/t13-/m0/s1. The number of hydrogen-bond donors (Lipinski definition) is 2. The molecule has 27 heavy (non-hydrogen) atoms. The minimum Gasteiger partial charge on any atom is -0.337 e. The van der Waals surface area contributed by atoms with Crippen LogP contribution in [0.2, 0.25) is 0 Å². The molecule has 0 aliphatic carbocycles. The van der Waals surface area contributed by atoms with Gasteiger partial charge >= 0.3 is 0 Å². The molecule has 0 amide bonds. The van der Waals surface area contributed by atoms with Crippen LogP contribution in [0.4, 0.5) is 4.39 Å². The first-order chi connectivity index (χ1) is 12.8. The molecule has 1 atom stereocenters. The van der Waals surface area contributed by atoms with E-state index in [0.29, 0.717) is 12.2 Å². The van der Waals surface area contributed by atoms with E-state index in [2.05, 4.69) is 30.0 Å². The van der Waals surface area contributed by atoms with E-state index < -0.39 is 27.6 Å². The van der Waals surface area contributed by atoms with Crippen molar-refractivity contribution in [2.75, 3.05) is 0 Å². The molecule has 2 aromatic heterocycles. The van der Waals surface area contributed by atoms with Crippen LogP contribution in [0, 0.1) is 11.7 Å². The average molecular weight is 394 g/mol. The fourth-order valence-corrected chi connectivity index (χ4v) is 3.89. The number of hydrogen-bond acceptors (Lipinski definition) is 7. The Hall–Kier alpha value is -2.66. The van der Waals surface area contributed by atoms with E-state index in [1.807, 2.05) is 13.8 Å². The second kappa shape index (κ2) is 7.92. The Balaban J connectivity index is 1.81. The van der Waals surface area contributed by atoms with Gasteiger partial charge in [-0.25, -0.2) is 22.5 Å². The summed E-state index contributed by atoms with van der Waals surface area (Å²) in [6.07, 6.45) is 1.72. The quantitative estimate of drug-likeness (QED) is 0.599. The molecule has 2 heterocycles. The lowest BCUT2D eigenvalue weighted by Crippen LogP contribution is -2.31. The van der Waals surface area contributed by atoms with Crippen LogP contribution in [0.1, 0.15) is 37.8 Å². The van der Waals surface area contributed by atoms with Gasteiger partial charge in [-0.15, -0.1) is 0 Å². The second-order valence-corrected chi connectivity index (χ2v) is 8.19. The molecule has 144 valence electrons. The van der Waals surface area contributed by atoms with Crippen molar-refractivity contribution in [1.82, 2.24) is 30.0 Å². The van der Waals surface area contributed by atoms with Crippen LogP contribution < -0.4 is 4.72 Å². The van der Waals surface area contributed by atoms with Gasteiger partial charge in [-0.3, -0.25) is 5.10 Å². The number of nitrogens with one attached hydrogen (secondary N) is 2. The van der Waals surface area contributed by atoms with Crippen molar-refractivity contribution in [2.24, 2.45) is 5.92 Å². The lowest BCUT2D eigenvalue weighted by atomic mass is 10.0. The van der Waals surface area contributed by atoms with E-state index in [9.17, 15) is 12.8 Å². The number of halogens is 1. The van der Waals surface area contributed by atoms with Crippen molar-refractivity contribution >= 4 is 10.0 Å². The molecule has 0 saturated heterocycles. The second-order valence-electron chi connectivity index (χ2n) is 6.44. The van der Waals surface area contributed by atoms with Crippen LogP contribution in [0.15, 0.2) is 35.1 Å².